The summed E-state index contributed by atoms with van der Waals surface area (Å²) in [6, 6.07) is 0.675. The molecule has 3 heteroatoms. The maximum Gasteiger partial charge on any atom is 0.0472 e. The first kappa shape index (κ1) is 13.8. The number of ether oxygens (including phenoxy) is 1. The van der Waals surface area contributed by atoms with Gasteiger partial charge >= 0.3 is 0 Å². The molecular weight excluding hydrogens is 278 g/mol. The van der Waals surface area contributed by atoms with E-state index in [-0.39, 0.29) is 0 Å². The fourth-order valence-electron chi connectivity index (χ4n) is 2.66. The van der Waals surface area contributed by atoms with Gasteiger partial charge in [0.2, 0.25) is 0 Å². The van der Waals surface area contributed by atoms with Crippen molar-refractivity contribution in [2.75, 3.05) is 31.6 Å². The van der Waals surface area contributed by atoms with Gasteiger partial charge in [0, 0.05) is 37.7 Å². The summed E-state index contributed by atoms with van der Waals surface area (Å²) < 4.78 is 5.52. The SMILES string of the molecule is CC(C)N(CC1CC1)CC1(CBr)CCOCC1. The third kappa shape index (κ3) is 3.93. The van der Waals surface area contributed by atoms with Crippen LogP contribution in [0.2, 0.25) is 0 Å². The molecule has 0 atom stereocenters. The maximum atomic E-state index is 5.52. The number of alkyl halides is 1. The largest absolute Gasteiger partial charge is 0.381 e. The van der Waals surface area contributed by atoms with Gasteiger partial charge in [-0.25, -0.2) is 0 Å². The first-order valence-electron chi connectivity index (χ1n) is 7.03. The van der Waals surface area contributed by atoms with Crippen molar-refractivity contribution in [2.45, 2.75) is 45.6 Å². The predicted molar refractivity (Wildman–Crippen MR) is 75.7 cm³/mol. The standard InChI is InChI=1S/C14H26BrNO/c1-12(2)16(9-13-3-4-13)11-14(10-15)5-7-17-8-6-14/h12-13H,3-11H2,1-2H3. The fourth-order valence-corrected chi connectivity index (χ4v) is 3.40. The average Bonchev–Trinajstić information content (AvgIpc) is 3.13. The van der Waals surface area contributed by atoms with Crippen molar-refractivity contribution in [3.8, 4) is 0 Å². The summed E-state index contributed by atoms with van der Waals surface area (Å²) in [5.41, 5.74) is 0.456. The van der Waals surface area contributed by atoms with Crippen LogP contribution in [-0.4, -0.2) is 42.6 Å². The molecule has 0 unspecified atom stereocenters. The molecule has 0 N–H and O–H groups in total. The Hall–Kier alpha value is 0.400. The highest BCUT2D eigenvalue weighted by Crippen LogP contribution is 2.36. The van der Waals surface area contributed by atoms with Gasteiger partial charge in [-0.2, -0.15) is 0 Å². The molecule has 2 fully saturated rings. The second-order valence-electron chi connectivity index (χ2n) is 6.21. The van der Waals surface area contributed by atoms with E-state index in [1.54, 1.807) is 0 Å². The van der Waals surface area contributed by atoms with Gasteiger partial charge in [-0.15, -0.1) is 0 Å². The van der Waals surface area contributed by atoms with E-state index in [2.05, 4.69) is 34.7 Å². The van der Waals surface area contributed by atoms with Crippen molar-refractivity contribution in [3.63, 3.8) is 0 Å². The van der Waals surface area contributed by atoms with E-state index in [9.17, 15) is 0 Å². The van der Waals surface area contributed by atoms with Gasteiger partial charge < -0.3 is 9.64 Å². The van der Waals surface area contributed by atoms with Crippen LogP contribution < -0.4 is 0 Å². The van der Waals surface area contributed by atoms with Crippen LogP contribution in [0.5, 0.6) is 0 Å². The van der Waals surface area contributed by atoms with Gasteiger partial charge in [0.25, 0.3) is 0 Å². The number of nitrogens with zero attached hydrogens (tertiary/aromatic N) is 1. The molecule has 0 spiro atoms. The normalized spacial score (nSPS) is 24.5. The van der Waals surface area contributed by atoms with Gasteiger partial charge in [-0.05, 0) is 50.9 Å². The molecule has 2 rings (SSSR count). The smallest absolute Gasteiger partial charge is 0.0472 e. The minimum absolute atomic E-state index is 0.456. The molecule has 0 radical (unpaired) electrons. The molecule has 0 aromatic heterocycles. The second kappa shape index (κ2) is 6.03. The van der Waals surface area contributed by atoms with Gasteiger partial charge in [-0.1, -0.05) is 15.9 Å². The van der Waals surface area contributed by atoms with Crippen molar-refractivity contribution < 1.29 is 4.74 Å². The zero-order valence-electron chi connectivity index (χ0n) is 11.3. The maximum absolute atomic E-state index is 5.52. The first-order valence-corrected chi connectivity index (χ1v) is 8.15. The summed E-state index contributed by atoms with van der Waals surface area (Å²) >= 11 is 3.75. The predicted octanol–water partition coefficient (Wildman–Crippen LogP) is 3.30. The second-order valence-corrected chi connectivity index (χ2v) is 6.77. The van der Waals surface area contributed by atoms with E-state index >= 15 is 0 Å². The van der Waals surface area contributed by atoms with Crippen LogP contribution in [0, 0.1) is 11.3 Å². The fraction of sp³-hybridized carbons (Fsp3) is 1.00. The van der Waals surface area contributed by atoms with Crippen molar-refractivity contribution in [2.24, 2.45) is 11.3 Å². The number of halogens is 1. The zero-order valence-corrected chi connectivity index (χ0v) is 12.8. The number of hydrogen-bond donors (Lipinski definition) is 0. The zero-order chi connectivity index (χ0) is 12.3. The van der Waals surface area contributed by atoms with Crippen molar-refractivity contribution in [1.82, 2.24) is 4.90 Å². The first-order chi connectivity index (χ1) is 8.15. The highest BCUT2D eigenvalue weighted by molar-refractivity contribution is 9.09. The topological polar surface area (TPSA) is 12.5 Å². The molecule has 1 saturated carbocycles. The minimum Gasteiger partial charge on any atom is -0.381 e. The summed E-state index contributed by atoms with van der Waals surface area (Å²) in [6.45, 7) is 9.12. The molecule has 0 amide bonds. The Balaban J connectivity index is 1.93. The Labute approximate surface area is 114 Å². The van der Waals surface area contributed by atoms with E-state index in [4.69, 9.17) is 4.74 Å². The number of rotatable bonds is 6. The van der Waals surface area contributed by atoms with Gasteiger partial charge in [0.1, 0.15) is 0 Å². The molecule has 0 aromatic carbocycles. The van der Waals surface area contributed by atoms with E-state index < -0.39 is 0 Å². The third-order valence-corrected chi connectivity index (χ3v) is 5.48. The van der Waals surface area contributed by atoms with Gasteiger partial charge in [-0.3, -0.25) is 0 Å². The molecule has 0 aromatic rings. The van der Waals surface area contributed by atoms with E-state index in [0.717, 1.165) is 24.5 Å². The van der Waals surface area contributed by atoms with Crippen LogP contribution in [0.1, 0.15) is 39.5 Å². The van der Waals surface area contributed by atoms with E-state index in [0.29, 0.717) is 11.5 Å². The van der Waals surface area contributed by atoms with Crippen LogP contribution in [0.25, 0.3) is 0 Å². The third-order valence-electron chi connectivity index (χ3n) is 4.30. The molecule has 1 heterocycles. The van der Waals surface area contributed by atoms with Crippen LogP contribution in [0.15, 0.2) is 0 Å². The molecule has 0 bridgehead atoms. The van der Waals surface area contributed by atoms with Crippen molar-refractivity contribution >= 4 is 15.9 Å². The Morgan fingerprint density at radius 1 is 1.29 bits per heavy atom. The average molecular weight is 304 g/mol. The lowest BCUT2D eigenvalue weighted by Gasteiger charge is -2.41. The summed E-state index contributed by atoms with van der Waals surface area (Å²) in [6.07, 6.45) is 5.33. The molecular formula is C14H26BrNO. The number of hydrogen-bond acceptors (Lipinski definition) is 2. The van der Waals surface area contributed by atoms with E-state index in [1.807, 2.05) is 0 Å². The van der Waals surface area contributed by atoms with Crippen molar-refractivity contribution in [1.29, 1.82) is 0 Å². The van der Waals surface area contributed by atoms with Crippen LogP contribution >= 0.6 is 15.9 Å². The summed E-state index contributed by atoms with van der Waals surface area (Å²) in [5, 5.41) is 1.12. The summed E-state index contributed by atoms with van der Waals surface area (Å²) in [7, 11) is 0. The lowest BCUT2D eigenvalue weighted by atomic mass is 9.81. The monoisotopic (exact) mass is 303 g/mol. The van der Waals surface area contributed by atoms with Gasteiger partial charge in [0.05, 0.1) is 0 Å². The molecule has 100 valence electrons. The van der Waals surface area contributed by atoms with Crippen LogP contribution in [0.4, 0.5) is 0 Å². The lowest BCUT2D eigenvalue weighted by Crippen LogP contribution is -2.46. The summed E-state index contributed by atoms with van der Waals surface area (Å²) in [5.74, 6) is 0.990. The van der Waals surface area contributed by atoms with Crippen LogP contribution in [-0.2, 0) is 4.74 Å². The molecule has 1 aliphatic heterocycles. The van der Waals surface area contributed by atoms with Crippen molar-refractivity contribution in [3.05, 3.63) is 0 Å². The Morgan fingerprint density at radius 2 is 1.94 bits per heavy atom. The quantitative estimate of drug-likeness (QED) is 0.698. The Kier molecular flexibility index (Phi) is 4.90. The molecule has 1 saturated heterocycles. The molecule has 1 aliphatic carbocycles. The Morgan fingerprint density at radius 3 is 2.41 bits per heavy atom. The molecule has 2 aliphatic rings. The molecule has 2 nitrogen and oxygen atoms in total. The minimum atomic E-state index is 0.456. The lowest BCUT2D eigenvalue weighted by molar-refractivity contribution is 0.00208. The summed E-state index contributed by atoms with van der Waals surface area (Å²) in [4.78, 5) is 2.70. The van der Waals surface area contributed by atoms with E-state index in [1.165, 1.54) is 38.8 Å². The highest BCUT2D eigenvalue weighted by atomic mass is 79.9. The van der Waals surface area contributed by atoms with Crippen LogP contribution in [0.3, 0.4) is 0 Å². The Bertz CT molecular complexity index is 234. The molecule has 17 heavy (non-hydrogen) atoms. The van der Waals surface area contributed by atoms with Gasteiger partial charge in [0.15, 0.2) is 0 Å². The highest BCUT2D eigenvalue weighted by Gasteiger charge is 2.35.